The normalized spacial score (nSPS) is 11.9. The van der Waals surface area contributed by atoms with Gasteiger partial charge in [0.25, 0.3) is 0 Å². The third-order valence-electron chi connectivity index (χ3n) is 3.49. The first-order valence-corrected chi connectivity index (χ1v) is 9.59. The highest BCUT2D eigenvalue weighted by atomic mass is 28.3. The van der Waals surface area contributed by atoms with Gasteiger partial charge in [-0.05, 0) is 18.1 Å². The van der Waals surface area contributed by atoms with E-state index in [1.807, 2.05) is 0 Å². The summed E-state index contributed by atoms with van der Waals surface area (Å²) in [5, 5.41) is 1.38. The fraction of sp³-hybridized carbons (Fsp3) is 0.333. The van der Waals surface area contributed by atoms with Gasteiger partial charge < -0.3 is 4.98 Å². The van der Waals surface area contributed by atoms with Gasteiger partial charge in [-0.15, -0.1) is 12.3 Å². The Morgan fingerprint density at radius 1 is 1.29 bits per heavy atom. The molecule has 1 heterocycles. The quantitative estimate of drug-likeness (QED) is 0.742. The second-order valence-corrected chi connectivity index (χ2v) is 10.3. The third-order valence-corrected chi connectivity index (χ3v) is 6.24. The van der Waals surface area contributed by atoms with E-state index in [9.17, 15) is 0 Å². The second kappa shape index (κ2) is 4.92. The molecule has 0 aliphatic heterocycles. The molecule has 0 amide bonds. The highest BCUT2D eigenvalue weighted by molar-refractivity contribution is 6.82. The maximum Gasteiger partial charge on any atom is 0.0709 e. The molecule has 2 heteroatoms. The van der Waals surface area contributed by atoms with Gasteiger partial charge in [-0.3, -0.25) is 0 Å². The van der Waals surface area contributed by atoms with Crippen molar-refractivity contribution in [3.05, 3.63) is 48.3 Å². The lowest BCUT2D eigenvalue weighted by Crippen LogP contribution is -2.21. The van der Waals surface area contributed by atoms with Gasteiger partial charge in [-0.2, -0.15) is 0 Å². The van der Waals surface area contributed by atoms with Crippen molar-refractivity contribution in [3.63, 3.8) is 0 Å². The zero-order chi connectivity index (χ0) is 12.3. The van der Waals surface area contributed by atoms with Crippen LogP contribution in [-0.4, -0.2) is 13.1 Å². The van der Waals surface area contributed by atoms with Crippen LogP contribution >= 0.6 is 0 Å². The summed E-state index contributed by atoms with van der Waals surface area (Å²) in [7, 11) is -1.12. The SMILES string of the molecule is C=C[Si](C)(C)CCCc1c[nH]c2ccccc12. The highest BCUT2D eigenvalue weighted by Crippen LogP contribution is 2.21. The van der Waals surface area contributed by atoms with Crippen molar-refractivity contribution in [1.82, 2.24) is 4.98 Å². The Morgan fingerprint density at radius 2 is 2.06 bits per heavy atom. The predicted molar refractivity (Wildman–Crippen MR) is 79.1 cm³/mol. The number of aryl methyl sites for hydroxylation is 1. The summed E-state index contributed by atoms with van der Waals surface area (Å²) in [5.41, 5.74) is 4.90. The number of aromatic nitrogens is 1. The summed E-state index contributed by atoms with van der Waals surface area (Å²) < 4.78 is 0. The van der Waals surface area contributed by atoms with Gasteiger partial charge in [0.05, 0.1) is 8.07 Å². The molecule has 1 aromatic carbocycles. The molecule has 0 bridgehead atoms. The van der Waals surface area contributed by atoms with Crippen LogP contribution < -0.4 is 0 Å². The number of nitrogens with one attached hydrogen (secondary N) is 1. The van der Waals surface area contributed by atoms with Crippen LogP contribution in [0.15, 0.2) is 42.7 Å². The fourth-order valence-electron chi connectivity index (χ4n) is 2.17. The van der Waals surface area contributed by atoms with E-state index >= 15 is 0 Å². The molecule has 0 saturated heterocycles. The Balaban J connectivity index is 2.02. The minimum atomic E-state index is -1.12. The number of aromatic amines is 1. The van der Waals surface area contributed by atoms with Gasteiger partial charge in [-0.1, -0.05) is 43.8 Å². The number of rotatable bonds is 5. The highest BCUT2D eigenvalue weighted by Gasteiger charge is 2.15. The van der Waals surface area contributed by atoms with Crippen LogP contribution in [0, 0.1) is 0 Å². The molecule has 0 unspecified atom stereocenters. The Morgan fingerprint density at radius 3 is 2.82 bits per heavy atom. The van der Waals surface area contributed by atoms with Crippen LogP contribution in [0.5, 0.6) is 0 Å². The molecular formula is C15H21NSi. The molecular weight excluding hydrogens is 222 g/mol. The lowest BCUT2D eigenvalue weighted by Gasteiger charge is -2.16. The minimum absolute atomic E-state index is 1.12. The summed E-state index contributed by atoms with van der Waals surface area (Å²) in [4.78, 5) is 3.34. The Kier molecular flexibility index (Phi) is 3.53. The third kappa shape index (κ3) is 2.89. The standard InChI is InChI=1S/C15H21NSi/c1-4-17(2,3)11-7-8-13-12-16-15-10-6-5-9-14(13)15/h4-6,9-10,12,16H,1,7-8,11H2,2-3H3. The molecule has 90 valence electrons. The monoisotopic (exact) mass is 243 g/mol. The Hall–Kier alpha value is -1.28. The van der Waals surface area contributed by atoms with Crippen LogP contribution in [0.3, 0.4) is 0 Å². The van der Waals surface area contributed by atoms with Crippen LogP contribution in [0.25, 0.3) is 10.9 Å². The fourth-order valence-corrected chi connectivity index (χ4v) is 3.47. The van der Waals surface area contributed by atoms with Crippen molar-refractivity contribution in [1.29, 1.82) is 0 Å². The van der Waals surface area contributed by atoms with Crippen LogP contribution in [-0.2, 0) is 6.42 Å². The van der Waals surface area contributed by atoms with E-state index in [0.29, 0.717) is 0 Å². The zero-order valence-electron chi connectivity index (χ0n) is 10.8. The van der Waals surface area contributed by atoms with Gasteiger partial charge in [0, 0.05) is 17.1 Å². The molecule has 0 fully saturated rings. The smallest absolute Gasteiger partial charge is 0.0709 e. The molecule has 2 aromatic rings. The van der Waals surface area contributed by atoms with Crippen molar-refractivity contribution in [2.75, 3.05) is 0 Å². The summed E-state index contributed by atoms with van der Waals surface area (Å²) >= 11 is 0. The van der Waals surface area contributed by atoms with Crippen molar-refractivity contribution < 1.29 is 0 Å². The molecule has 0 spiro atoms. The summed E-state index contributed by atoms with van der Waals surface area (Å²) in [5.74, 6) is 0. The minimum Gasteiger partial charge on any atom is -0.361 e. The number of hydrogen-bond donors (Lipinski definition) is 1. The summed E-state index contributed by atoms with van der Waals surface area (Å²) in [6, 6.07) is 9.87. The molecule has 0 radical (unpaired) electrons. The lowest BCUT2D eigenvalue weighted by molar-refractivity contribution is 0.910. The van der Waals surface area contributed by atoms with E-state index in [1.165, 1.54) is 35.4 Å². The van der Waals surface area contributed by atoms with Crippen LogP contribution in [0.2, 0.25) is 19.1 Å². The molecule has 17 heavy (non-hydrogen) atoms. The van der Waals surface area contributed by atoms with E-state index in [2.05, 4.69) is 60.8 Å². The molecule has 1 N–H and O–H groups in total. The van der Waals surface area contributed by atoms with E-state index in [1.54, 1.807) is 0 Å². The maximum absolute atomic E-state index is 3.95. The van der Waals surface area contributed by atoms with Crippen molar-refractivity contribution in [2.24, 2.45) is 0 Å². The Labute approximate surface area is 105 Å². The number of benzene rings is 1. The number of fused-ring (bicyclic) bond motifs is 1. The largest absolute Gasteiger partial charge is 0.361 e. The maximum atomic E-state index is 3.95. The number of hydrogen-bond acceptors (Lipinski definition) is 0. The number of para-hydroxylation sites is 1. The number of H-pyrrole nitrogens is 1. The molecule has 0 aliphatic carbocycles. The van der Waals surface area contributed by atoms with Gasteiger partial charge >= 0.3 is 0 Å². The zero-order valence-corrected chi connectivity index (χ0v) is 11.8. The molecule has 2 rings (SSSR count). The van der Waals surface area contributed by atoms with Crippen LogP contribution in [0.4, 0.5) is 0 Å². The van der Waals surface area contributed by atoms with E-state index in [4.69, 9.17) is 0 Å². The lowest BCUT2D eigenvalue weighted by atomic mass is 10.1. The Bertz CT molecular complexity index is 510. The molecule has 0 atom stereocenters. The van der Waals surface area contributed by atoms with Gasteiger partial charge in [0.2, 0.25) is 0 Å². The van der Waals surface area contributed by atoms with E-state index in [-0.39, 0.29) is 0 Å². The summed E-state index contributed by atoms with van der Waals surface area (Å²) in [6.07, 6.45) is 4.61. The first kappa shape index (κ1) is 12.2. The molecule has 1 nitrogen and oxygen atoms in total. The average molecular weight is 243 g/mol. The van der Waals surface area contributed by atoms with E-state index < -0.39 is 8.07 Å². The van der Waals surface area contributed by atoms with Crippen molar-refractivity contribution in [2.45, 2.75) is 32.0 Å². The molecule has 0 saturated carbocycles. The van der Waals surface area contributed by atoms with Crippen molar-refractivity contribution in [3.8, 4) is 0 Å². The molecule has 1 aromatic heterocycles. The topological polar surface area (TPSA) is 15.8 Å². The predicted octanol–water partition coefficient (Wildman–Crippen LogP) is 4.53. The van der Waals surface area contributed by atoms with E-state index in [0.717, 1.165) is 0 Å². The average Bonchev–Trinajstić information content (AvgIpc) is 2.73. The van der Waals surface area contributed by atoms with Gasteiger partial charge in [0.1, 0.15) is 0 Å². The second-order valence-electron chi connectivity index (χ2n) is 5.41. The van der Waals surface area contributed by atoms with Crippen molar-refractivity contribution >= 4 is 19.0 Å². The van der Waals surface area contributed by atoms with Gasteiger partial charge in [0.15, 0.2) is 0 Å². The molecule has 0 aliphatic rings. The van der Waals surface area contributed by atoms with Gasteiger partial charge in [-0.25, -0.2) is 0 Å². The first-order valence-electron chi connectivity index (χ1n) is 6.31. The first-order chi connectivity index (χ1) is 8.12. The van der Waals surface area contributed by atoms with Crippen LogP contribution in [0.1, 0.15) is 12.0 Å². The summed E-state index contributed by atoms with van der Waals surface area (Å²) in [6.45, 7) is 8.72.